The summed E-state index contributed by atoms with van der Waals surface area (Å²) in [6.45, 7) is 0. The molecule has 3 heteroatoms. The maximum Gasteiger partial charge on any atom is 0.0640 e. The lowest BCUT2D eigenvalue weighted by molar-refractivity contribution is 1.30. The Morgan fingerprint density at radius 2 is 0.825 bits per heavy atom. The molecule has 0 atom stereocenters. The molecule has 57 heavy (non-hydrogen) atoms. The number of thiophene rings is 2. The molecule has 268 valence electrons. The van der Waals surface area contributed by atoms with Gasteiger partial charge in [-0.3, -0.25) is 0 Å². The largest absolute Gasteiger partial charge is 0.309 e. The van der Waals surface area contributed by atoms with E-state index in [0.29, 0.717) is 0 Å². The van der Waals surface area contributed by atoms with Crippen LogP contribution in [0, 0.1) is 0 Å². The van der Waals surface area contributed by atoms with Gasteiger partial charge in [0.2, 0.25) is 0 Å². The van der Waals surface area contributed by atoms with Gasteiger partial charge >= 0.3 is 0 Å². The van der Waals surface area contributed by atoms with E-state index >= 15 is 0 Å². The molecule has 11 aromatic rings. The summed E-state index contributed by atoms with van der Waals surface area (Å²) in [6.07, 6.45) is 0. The van der Waals surface area contributed by atoms with Gasteiger partial charge in [0.05, 0.1) is 10.4 Å². The van der Waals surface area contributed by atoms with E-state index in [0.717, 1.165) is 11.4 Å². The number of rotatable bonds is 7. The van der Waals surface area contributed by atoms with Crippen LogP contribution in [0.2, 0.25) is 0 Å². The highest BCUT2D eigenvalue weighted by atomic mass is 32.1. The van der Waals surface area contributed by atoms with E-state index in [2.05, 4.69) is 217 Å². The molecule has 0 N–H and O–H groups in total. The summed E-state index contributed by atoms with van der Waals surface area (Å²) in [5, 5.41) is 5.21. The molecular weight excluding hydrogens is 727 g/mol. The van der Waals surface area contributed by atoms with Crippen LogP contribution in [-0.4, -0.2) is 0 Å². The number of benzene rings is 9. The van der Waals surface area contributed by atoms with Crippen LogP contribution >= 0.6 is 22.7 Å². The molecule has 9 aromatic carbocycles. The summed E-state index contributed by atoms with van der Waals surface area (Å²) < 4.78 is 5.20. The molecule has 0 aliphatic rings. The molecule has 2 aromatic heterocycles. The maximum absolute atomic E-state index is 2.46. The fourth-order valence-electron chi connectivity index (χ4n) is 8.39. The van der Waals surface area contributed by atoms with Crippen LogP contribution < -0.4 is 4.90 Å². The topological polar surface area (TPSA) is 3.24 Å². The lowest BCUT2D eigenvalue weighted by Gasteiger charge is -2.27. The third kappa shape index (κ3) is 5.91. The normalized spacial score (nSPS) is 11.5. The van der Waals surface area contributed by atoms with Crippen molar-refractivity contribution >= 4 is 80.1 Å². The summed E-state index contributed by atoms with van der Waals surface area (Å²) in [4.78, 5) is 2.46. The van der Waals surface area contributed by atoms with E-state index in [1.54, 1.807) is 0 Å². The monoisotopic (exact) mass is 761 g/mol. The summed E-state index contributed by atoms with van der Waals surface area (Å²) in [5.74, 6) is 0. The molecule has 0 aliphatic carbocycles. The average molecular weight is 762 g/mol. The van der Waals surface area contributed by atoms with Gasteiger partial charge in [-0.2, -0.15) is 0 Å². The lowest BCUT2D eigenvalue weighted by Crippen LogP contribution is -2.10. The first-order valence-electron chi connectivity index (χ1n) is 19.3. The highest BCUT2D eigenvalue weighted by Crippen LogP contribution is 2.48. The van der Waals surface area contributed by atoms with E-state index < -0.39 is 0 Å². The number of anilines is 3. The Hall–Kier alpha value is -6.78. The number of hydrogen-bond acceptors (Lipinski definition) is 3. The molecule has 2 heterocycles. The van der Waals surface area contributed by atoms with Crippen molar-refractivity contribution in [1.29, 1.82) is 0 Å². The SMILES string of the molecule is c1ccc(-c2ccc(-c3ccc(N(c4ccc(-c5cccc6sc7ccccc7c56)c(-c5ccccc5)c4)c4cccc5c4sc4ccccc45)cc3)cc2)cc1. The third-order valence-electron chi connectivity index (χ3n) is 11.1. The number of hydrogen-bond donors (Lipinski definition) is 0. The molecule has 0 bridgehead atoms. The Morgan fingerprint density at radius 3 is 1.54 bits per heavy atom. The van der Waals surface area contributed by atoms with E-state index in [9.17, 15) is 0 Å². The molecule has 1 nitrogen and oxygen atoms in total. The quantitative estimate of drug-likeness (QED) is 0.156. The second kappa shape index (κ2) is 14.1. The molecule has 0 aliphatic heterocycles. The van der Waals surface area contributed by atoms with Crippen molar-refractivity contribution < 1.29 is 0 Å². The molecule has 11 rings (SSSR count). The van der Waals surface area contributed by atoms with Crippen LogP contribution in [0.15, 0.2) is 212 Å². The highest BCUT2D eigenvalue weighted by Gasteiger charge is 2.21. The first kappa shape index (κ1) is 33.5. The average Bonchev–Trinajstić information content (AvgIpc) is 3.87. The predicted molar refractivity (Wildman–Crippen MR) is 249 cm³/mol. The van der Waals surface area contributed by atoms with Crippen molar-refractivity contribution in [2.24, 2.45) is 0 Å². The second-order valence-corrected chi connectivity index (χ2v) is 16.6. The van der Waals surface area contributed by atoms with Gasteiger partial charge in [-0.05, 0) is 93.0 Å². The molecule has 0 saturated heterocycles. The van der Waals surface area contributed by atoms with E-state index in [-0.39, 0.29) is 0 Å². The highest BCUT2D eigenvalue weighted by molar-refractivity contribution is 7.26. The van der Waals surface area contributed by atoms with Crippen LogP contribution in [0.4, 0.5) is 17.1 Å². The number of nitrogens with zero attached hydrogens (tertiary/aromatic N) is 1. The zero-order chi connectivity index (χ0) is 37.7. The van der Waals surface area contributed by atoms with Crippen LogP contribution in [0.3, 0.4) is 0 Å². The predicted octanol–water partition coefficient (Wildman–Crippen LogP) is 16.6. The molecule has 0 unspecified atom stereocenters. The Bertz CT molecular complexity index is 3210. The zero-order valence-corrected chi connectivity index (χ0v) is 32.6. The second-order valence-electron chi connectivity index (χ2n) is 14.5. The summed E-state index contributed by atoms with van der Waals surface area (Å²) in [7, 11) is 0. The molecule has 0 amide bonds. The molecular formula is C54H35NS2. The van der Waals surface area contributed by atoms with Gasteiger partial charge in [-0.25, -0.2) is 0 Å². The van der Waals surface area contributed by atoms with Crippen molar-refractivity contribution in [3.05, 3.63) is 212 Å². The van der Waals surface area contributed by atoms with Crippen molar-refractivity contribution in [2.75, 3.05) is 4.90 Å². The Balaban J connectivity index is 1.09. The molecule has 0 spiro atoms. The zero-order valence-electron chi connectivity index (χ0n) is 31.0. The fraction of sp³-hybridized carbons (Fsp3) is 0. The van der Waals surface area contributed by atoms with Crippen molar-refractivity contribution in [2.45, 2.75) is 0 Å². The van der Waals surface area contributed by atoms with Crippen molar-refractivity contribution in [1.82, 2.24) is 0 Å². The van der Waals surface area contributed by atoms with Crippen LogP contribution in [-0.2, 0) is 0 Å². The third-order valence-corrected chi connectivity index (χ3v) is 13.5. The van der Waals surface area contributed by atoms with Crippen LogP contribution in [0.25, 0.3) is 84.9 Å². The van der Waals surface area contributed by atoms with Crippen LogP contribution in [0.5, 0.6) is 0 Å². The van der Waals surface area contributed by atoms with Gasteiger partial charge in [0.1, 0.15) is 0 Å². The standard InChI is InChI=1S/C54H35NS2/c1-3-13-36(14-4-1)37-25-27-38(28-26-37)39-29-31-41(32-30-39)55(49-21-11-20-46-44-17-7-9-22-50(44)57-54(46)49)42-33-34-43(48(35-42)40-15-5-2-6-16-40)45-19-12-24-52-53(45)47-18-8-10-23-51(47)56-52/h1-35H. The first-order valence-corrected chi connectivity index (χ1v) is 21.0. The van der Waals surface area contributed by atoms with E-state index in [1.807, 2.05) is 22.7 Å². The van der Waals surface area contributed by atoms with Crippen molar-refractivity contribution in [3.8, 4) is 44.5 Å². The first-order chi connectivity index (χ1) is 28.3. The lowest BCUT2D eigenvalue weighted by atomic mass is 9.91. The van der Waals surface area contributed by atoms with Gasteiger partial charge in [-0.1, -0.05) is 164 Å². The van der Waals surface area contributed by atoms with E-state index in [4.69, 9.17) is 0 Å². The minimum Gasteiger partial charge on any atom is -0.309 e. The Labute approximate surface area is 340 Å². The number of fused-ring (bicyclic) bond motifs is 6. The Kier molecular flexibility index (Phi) is 8.28. The van der Waals surface area contributed by atoms with Gasteiger partial charge in [0.15, 0.2) is 0 Å². The van der Waals surface area contributed by atoms with Gasteiger partial charge in [0.25, 0.3) is 0 Å². The smallest absolute Gasteiger partial charge is 0.0640 e. The summed E-state index contributed by atoms with van der Waals surface area (Å²) >= 11 is 3.74. The summed E-state index contributed by atoms with van der Waals surface area (Å²) in [5.41, 5.74) is 13.1. The van der Waals surface area contributed by atoms with Gasteiger partial charge in [0, 0.05) is 47.0 Å². The molecule has 0 saturated carbocycles. The van der Waals surface area contributed by atoms with Crippen LogP contribution in [0.1, 0.15) is 0 Å². The molecule has 0 fully saturated rings. The minimum absolute atomic E-state index is 1.11. The van der Waals surface area contributed by atoms with Gasteiger partial charge in [-0.15, -0.1) is 22.7 Å². The summed E-state index contributed by atoms with van der Waals surface area (Å²) in [6, 6.07) is 77.6. The van der Waals surface area contributed by atoms with Gasteiger partial charge < -0.3 is 4.90 Å². The fourth-order valence-corrected chi connectivity index (χ4v) is 10.7. The van der Waals surface area contributed by atoms with E-state index in [1.165, 1.54) is 90.5 Å². The van der Waals surface area contributed by atoms with Crippen molar-refractivity contribution in [3.63, 3.8) is 0 Å². The minimum atomic E-state index is 1.11. The Morgan fingerprint density at radius 1 is 0.298 bits per heavy atom. The molecule has 0 radical (unpaired) electrons. The maximum atomic E-state index is 2.46.